The van der Waals surface area contributed by atoms with Crippen molar-refractivity contribution < 1.29 is 9.53 Å². The van der Waals surface area contributed by atoms with Gasteiger partial charge in [0.1, 0.15) is 5.75 Å². The lowest BCUT2D eigenvalue weighted by molar-refractivity contribution is -0.118. The molecule has 3 rings (SSSR count). The van der Waals surface area contributed by atoms with Crippen LogP contribution >= 0.6 is 11.8 Å². The van der Waals surface area contributed by atoms with Crippen LogP contribution in [0.25, 0.3) is 11.4 Å². The van der Waals surface area contributed by atoms with E-state index in [1.807, 2.05) is 59.2 Å². The van der Waals surface area contributed by atoms with E-state index in [-0.39, 0.29) is 11.7 Å². The van der Waals surface area contributed by atoms with Crippen LogP contribution in [0.5, 0.6) is 5.75 Å². The van der Waals surface area contributed by atoms with Gasteiger partial charge in [-0.2, -0.15) is 0 Å². The van der Waals surface area contributed by atoms with Gasteiger partial charge >= 0.3 is 0 Å². The Morgan fingerprint density at radius 2 is 1.93 bits per heavy atom. The van der Waals surface area contributed by atoms with Crippen LogP contribution in [0.2, 0.25) is 0 Å². The van der Waals surface area contributed by atoms with Gasteiger partial charge in [-0.25, -0.2) is 0 Å². The Kier molecular flexibility index (Phi) is 6.86. The number of hydrogen-bond acceptors (Lipinski definition) is 5. The summed E-state index contributed by atoms with van der Waals surface area (Å²) >= 11 is 1.36. The van der Waals surface area contributed by atoms with Crippen LogP contribution in [0, 0.1) is 0 Å². The maximum atomic E-state index is 12.2. The molecule has 1 heterocycles. The zero-order chi connectivity index (χ0) is 19.8. The highest BCUT2D eigenvalue weighted by Crippen LogP contribution is 2.23. The molecule has 144 valence electrons. The number of amides is 1. The number of hydrogen-bond donors (Lipinski definition) is 1. The number of allylic oxidation sites excluding steroid dienone is 1. The number of benzene rings is 2. The van der Waals surface area contributed by atoms with Crippen LogP contribution in [0.15, 0.2) is 72.4 Å². The Bertz CT molecular complexity index is 923. The molecular formula is C21H22N4O2S. The van der Waals surface area contributed by atoms with Crippen LogP contribution in [-0.2, 0) is 17.9 Å². The molecule has 0 aliphatic carbocycles. The second kappa shape index (κ2) is 9.75. The molecule has 2 aromatic carbocycles. The summed E-state index contributed by atoms with van der Waals surface area (Å²) in [4.78, 5) is 12.2. The van der Waals surface area contributed by atoms with E-state index < -0.39 is 0 Å². The lowest BCUT2D eigenvalue weighted by atomic mass is 10.2. The Hall–Kier alpha value is -3.06. The van der Waals surface area contributed by atoms with Gasteiger partial charge in [-0.3, -0.25) is 9.36 Å². The molecule has 6 nitrogen and oxygen atoms in total. The first-order valence-corrected chi connectivity index (χ1v) is 9.81. The fourth-order valence-corrected chi connectivity index (χ4v) is 3.39. The molecule has 1 N–H and O–H groups in total. The number of thioether (sulfide) groups is 1. The van der Waals surface area contributed by atoms with Crippen molar-refractivity contribution >= 4 is 17.7 Å². The van der Waals surface area contributed by atoms with Gasteiger partial charge in [-0.15, -0.1) is 16.8 Å². The van der Waals surface area contributed by atoms with E-state index >= 15 is 0 Å². The molecule has 0 unspecified atom stereocenters. The Balaban J connectivity index is 1.59. The predicted octanol–water partition coefficient (Wildman–Crippen LogP) is 3.55. The van der Waals surface area contributed by atoms with Crippen molar-refractivity contribution in [2.45, 2.75) is 18.2 Å². The van der Waals surface area contributed by atoms with Gasteiger partial charge in [0.25, 0.3) is 0 Å². The maximum absolute atomic E-state index is 12.2. The molecule has 1 aromatic heterocycles. The normalized spacial score (nSPS) is 10.5. The highest BCUT2D eigenvalue weighted by atomic mass is 32.2. The number of ether oxygens (including phenoxy) is 1. The van der Waals surface area contributed by atoms with Crippen LogP contribution in [0.1, 0.15) is 5.56 Å². The molecule has 3 aromatic rings. The van der Waals surface area contributed by atoms with Crippen molar-refractivity contribution in [2.75, 3.05) is 12.9 Å². The first-order chi connectivity index (χ1) is 13.7. The van der Waals surface area contributed by atoms with Crippen molar-refractivity contribution in [2.24, 2.45) is 0 Å². The third-order valence-corrected chi connectivity index (χ3v) is 5.01. The summed E-state index contributed by atoms with van der Waals surface area (Å²) in [5.74, 6) is 1.76. The summed E-state index contributed by atoms with van der Waals surface area (Å²) in [6, 6.07) is 17.5. The molecule has 0 saturated heterocycles. The number of rotatable bonds is 9. The molecule has 28 heavy (non-hydrogen) atoms. The van der Waals surface area contributed by atoms with E-state index in [1.165, 1.54) is 11.8 Å². The van der Waals surface area contributed by atoms with Gasteiger partial charge in [0.2, 0.25) is 5.91 Å². The predicted molar refractivity (Wildman–Crippen MR) is 111 cm³/mol. The van der Waals surface area contributed by atoms with E-state index in [0.29, 0.717) is 18.2 Å². The molecule has 0 saturated carbocycles. The first kappa shape index (κ1) is 19.7. The highest BCUT2D eigenvalue weighted by Gasteiger charge is 2.14. The summed E-state index contributed by atoms with van der Waals surface area (Å²) in [5, 5.41) is 12.2. The number of aromatic nitrogens is 3. The summed E-state index contributed by atoms with van der Waals surface area (Å²) in [5.41, 5.74) is 1.99. The smallest absolute Gasteiger partial charge is 0.230 e. The van der Waals surface area contributed by atoms with Crippen molar-refractivity contribution in [3.8, 4) is 17.1 Å². The lowest BCUT2D eigenvalue weighted by Gasteiger charge is -2.08. The molecule has 0 radical (unpaired) electrons. The summed E-state index contributed by atoms with van der Waals surface area (Å²) in [7, 11) is 1.63. The zero-order valence-corrected chi connectivity index (χ0v) is 16.5. The Morgan fingerprint density at radius 1 is 1.18 bits per heavy atom. The fraction of sp³-hybridized carbons (Fsp3) is 0.190. The summed E-state index contributed by atoms with van der Waals surface area (Å²) in [6.45, 7) is 4.85. The van der Waals surface area contributed by atoms with Gasteiger partial charge in [0, 0.05) is 18.7 Å². The second-order valence-electron chi connectivity index (χ2n) is 5.98. The third kappa shape index (κ3) is 5.01. The first-order valence-electron chi connectivity index (χ1n) is 8.83. The standard InChI is InChI=1S/C21H22N4O2S/c1-3-13-25-20(17-7-5-4-6-8-17)23-24-21(25)28-15-19(26)22-14-16-9-11-18(27-2)12-10-16/h3-12H,1,13-15H2,2H3,(H,22,26). The minimum absolute atomic E-state index is 0.0600. The second-order valence-corrected chi connectivity index (χ2v) is 6.93. The lowest BCUT2D eigenvalue weighted by Crippen LogP contribution is -2.24. The molecule has 0 aliphatic heterocycles. The molecule has 7 heteroatoms. The quantitative estimate of drug-likeness (QED) is 0.444. The third-order valence-electron chi connectivity index (χ3n) is 4.04. The van der Waals surface area contributed by atoms with Crippen molar-refractivity contribution in [3.63, 3.8) is 0 Å². The topological polar surface area (TPSA) is 69.0 Å². The van der Waals surface area contributed by atoms with E-state index in [1.54, 1.807) is 13.2 Å². The Labute approximate surface area is 168 Å². The van der Waals surface area contributed by atoms with E-state index in [0.717, 1.165) is 22.7 Å². The summed E-state index contributed by atoms with van der Waals surface area (Å²) < 4.78 is 7.10. The molecule has 0 atom stereocenters. The van der Waals surface area contributed by atoms with Crippen molar-refractivity contribution in [1.29, 1.82) is 0 Å². The van der Waals surface area contributed by atoms with E-state index in [9.17, 15) is 4.79 Å². The molecule has 0 spiro atoms. The zero-order valence-electron chi connectivity index (χ0n) is 15.7. The molecular weight excluding hydrogens is 372 g/mol. The Morgan fingerprint density at radius 3 is 2.61 bits per heavy atom. The number of nitrogens with one attached hydrogen (secondary N) is 1. The molecule has 0 bridgehead atoms. The minimum Gasteiger partial charge on any atom is -0.497 e. The SMILES string of the molecule is C=CCn1c(SCC(=O)NCc2ccc(OC)cc2)nnc1-c1ccccc1. The van der Waals surface area contributed by atoms with Gasteiger partial charge < -0.3 is 10.1 Å². The fourth-order valence-electron chi connectivity index (χ4n) is 2.62. The average Bonchev–Trinajstić information content (AvgIpc) is 3.14. The monoisotopic (exact) mass is 394 g/mol. The minimum atomic E-state index is -0.0600. The number of carbonyl (C=O) groups excluding carboxylic acids is 1. The van der Waals surface area contributed by atoms with E-state index in [2.05, 4.69) is 22.1 Å². The number of carbonyl (C=O) groups is 1. The largest absolute Gasteiger partial charge is 0.497 e. The van der Waals surface area contributed by atoms with Crippen LogP contribution in [-0.4, -0.2) is 33.5 Å². The van der Waals surface area contributed by atoms with E-state index in [4.69, 9.17) is 4.74 Å². The number of nitrogens with zero attached hydrogens (tertiary/aromatic N) is 3. The van der Waals surface area contributed by atoms with Crippen LogP contribution in [0.3, 0.4) is 0 Å². The van der Waals surface area contributed by atoms with Gasteiger partial charge in [-0.1, -0.05) is 60.3 Å². The van der Waals surface area contributed by atoms with Crippen molar-refractivity contribution in [3.05, 3.63) is 72.8 Å². The van der Waals surface area contributed by atoms with Gasteiger partial charge in [0.05, 0.1) is 12.9 Å². The van der Waals surface area contributed by atoms with Gasteiger partial charge in [-0.05, 0) is 17.7 Å². The number of methoxy groups -OCH3 is 1. The summed E-state index contributed by atoms with van der Waals surface area (Å²) in [6.07, 6.45) is 1.80. The molecule has 0 fully saturated rings. The van der Waals surface area contributed by atoms with Crippen LogP contribution in [0.4, 0.5) is 0 Å². The van der Waals surface area contributed by atoms with Gasteiger partial charge in [0.15, 0.2) is 11.0 Å². The molecule has 1 amide bonds. The average molecular weight is 395 g/mol. The van der Waals surface area contributed by atoms with Crippen molar-refractivity contribution in [1.82, 2.24) is 20.1 Å². The van der Waals surface area contributed by atoms with Crippen LogP contribution < -0.4 is 10.1 Å². The maximum Gasteiger partial charge on any atom is 0.230 e. The molecule has 0 aliphatic rings. The highest BCUT2D eigenvalue weighted by molar-refractivity contribution is 7.99.